The van der Waals surface area contributed by atoms with Gasteiger partial charge >= 0.3 is 0 Å². The van der Waals surface area contributed by atoms with Crippen molar-refractivity contribution in [1.82, 2.24) is 4.72 Å². The van der Waals surface area contributed by atoms with Crippen molar-refractivity contribution in [3.63, 3.8) is 0 Å². The third kappa shape index (κ3) is 4.57. The summed E-state index contributed by atoms with van der Waals surface area (Å²) in [6.45, 7) is 0. The first-order valence-corrected chi connectivity index (χ1v) is 8.36. The molecule has 0 radical (unpaired) electrons. The molecule has 4 nitrogen and oxygen atoms in total. The lowest BCUT2D eigenvalue weighted by molar-refractivity contribution is 0.593. The van der Waals surface area contributed by atoms with Crippen LogP contribution in [-0.4, -0.2) is 13.5 Å². The molecular weight excluding hydrogens is 351 g/mol. The highest BCUT2D eigenvalue weighted by molar-refractivity contribution is 7.92. The summed E-state index contributed by atoms with van der Waals surface area (Å²) >= 11 is 16.5. The average Bonchev–Trinajstić information content (AvgIpc) is 2.41. The Labute approximate surface area is 138 Å². The fourth-order valence-corrected chi connectivity index (χ4v) is 3.09. The molecule has 2 rings (SSSR count). The smallest absolute Gasteiger partial charge is 0.263 e. The second-order valence-electron chi connectivity index (χ2n) is 4.02. The summed E-state index contributed by atoms with van der Waals surface area (Å²) in [5.41, 5.74) is 0.628. The Hall–Kier alpha value is -1.34. The maximum Gasteiger partial charge on any atom is 0.263 e. The maximum atomic E-state index is 12.1. The molecule has 0 heterocycles. The van der Waals surface area contributed by atoms with E-state index in [1.54, 1.807) is 24.3 Å². The van der Waals surface area contributed by atoms with Gasteiger partial charge in [-0.1, -0.05) is 23.2 Å². The molecule has 2 N–H and O–H groups in total. The zero-order valence-electron chi connectivity index (χ0n) is 10.5. The number of hydrogen-bond acceptors (Lipinski definition) is 3. The third-order valence-corrected chi connectivity index (χ3v) is 4.66. The van der Waals surface area contributed by atoms with Crippen molar-refractivity contribution in [3.05, 3.63) is 58.6 Å². The number of benzene rings is 2. The Bertz CT molecular complexity index is 745. The van der Waals surface area contributed by atoms with Crippen LogP contribution in [0.2, 0.25) is 10.0 Å². The Morgan fingerprint density at radius 3 is 1.90 bits per heavy atom. The molecule has 0 fully saturated rings. The lowest BCUT2D eigenvalue weighted by atomic mass is 10.3. The Balaban J connectivity index is 2.07. The zero-order valence-corrected chi connectivity index (χ0v) is 13.7. The highest BCUT2D eigenvalue weighted by Crippen LogP contribution is 2.15. The molecule has 0 atom stereocenters. The van der Waals surface area contributed by atoms with Crippen LogP contribution in [-0.2, 0) is 10.0 Å². The quantitative estimate of drug-likeness (QED) is 0.819. The van der Waals surface area contributed by atoms with Crippen molar-refractivity contribution in [3.8, 4) is 0 Å². The molecule has 0 aliphatic heterocycles. The molecule has 0 saturated carbocycles. The van der Waals surface area contributed by atoms with Crippen molar-refractivity contribution in [2.24, 2.45) is 0 Å². The minimum Gasteiger partial charge on any atom is -0.332 e. The van der Waals surface area contributed by atoms with Crippen molar-refractivity contribution >= 4 is 56.2 Å². The molecule has 0 aromatic heterocycles. The molecule has 0 aliphatic carbocycles. The van der Waals surface area contributed by atoms with E-state index in [-0.39, 0.29) is 10.0 Å². The molecule has 0 spiro atoms. The summed E-state index contributed by atoms with van der Waals surface area (Å²) in [6.07, 6.45) is 0. The molecule has 2 aromatic carbocycles. The van der Waals surface area contributed by atoms with Gasteiger partial charge in [0.15, 0.2) is 5.11 Å². The van der Waals surface area contributed by atoms with Crippen molar-refractivity contribution in [2.75, 3.05) is 5.32 Å². The van der Waals surface area contributed by atoms with E-state index in [4.69, 9.17) is 35.4 Å². The van der Waals surface area contributed by atoms with E-state index < -0.39 is 10.0 Å². The molecule has 0 saturated heterocycles. The predicted molar refractivity (Wildman–Crippen MR) is 89.4 cm³/mol. The van der Waals surface area contributed by atoms with E-state index in [0.717, 1.165) is 0 Å². The number of halogens is 2. The second-order valence-corrected chi connectivity index (χ2v) is 6.98. The maximum absolute atomic E-state index is 12.1. The minimum atomic E-state index is -3.74. The van der Waals surface area contributed by atoms with Gasteiger partial charge in [-0.15, -0.1) is 0 Å². The van der Waals surface area contributed by atoms with Gasteiger partial charge in [0, 0.05) is 15.7 Å². The van der Waals surface area contributed by atoms with Gasteiger partial charge in [-0.25, -0.2) is 8.42 Å². The van der Waals surface area contributed by atoms with Crippen molar-refractivity contribution < 1.29 is 8.42 Å². The van der Waals surface area contributed by atoms with Gasteiger partial charge < -0.3 is 5.32 Å². The van der Waals surface area contributed by atoms with Gasteiger partial charge in [0.05, 0.1) is 4.90 Å². The van der Waals surface area contributed by atoms with Crippen LogP contribution in [0.25, 0.3) is 0 Å². The van der Waals surface area contributed by atoms with Crippen LogP contribution in [0, 0.1) is 0 Å². The Morgan fingerprint density at radius 1 is 0.905 bits per heavy atom. The predicted octanol–water partition coefficient (Wildman–Crippen LogP) is 3.67. The molecule has 0 bridgehead atoms. The van der Waals surface area contributed by atoms with Gasteiger partial charge in [0.2, 0.25) is 0 Å². The summed E-state index contributed by atoms with van der Waals surface area (Å²) in [5, 5.41) is 3.76. The van der Waals surface area contributed by atoms with Crippen LogP contribution < -0.4 is 10.0 Å². The van der Waals surface area contributed by atoms with Crippen LogP contribution in [0.15, 0.2) is 53.4 Å². The number of anilines is 1. The normalized spacial score (nSPS) is 11.0. The molecule has 8 heteroatoms. The summed E-state index contributed by atoms with van der Waals surface area (Å²) in [7, 11) is -3.74. The molecule has 21 heavy (non-hydrogen) atoms. The minimum absolute atomic E-state index is 0.0349. The number of rotatable bonds is 3. The van der Waals surface area contributed by atoms with Crippen molar-refractivity contribution in [1.29, 1.82) is 0 Å². The number of thiocarbonyl (C=S) groups is 1. The molecular formula is C13H10Cl2N2O2S2. The van der Waals surface area contributed by atoms with Crippen LogP contribution in [0.3, 0.4) is 0 Å². The standard InChI is InChI=1S/C13H10Cl2N2O2S2/c14-9-1-5-11(6-2-9)16-13(20)17-21(18,19)12-7-3-10(15)4-8-12/h1-8H,(H2,16,17,20). The molecule has 0 aliphatic rings. The third-order valence-electron chi connectivity index (χ3n) is 2.45. The topological polar surface area (TPSA) is 58.2 Å². The lowest BCUT2D eigenvalue weighted by Crippen LogP contribution is -2.34. The highest BCUT2D eigenvalue weighted by Gasteiger charge is 2.15. The van der Waals surface area contributed by atoms with Gasteiger partial charge in [-0.2, -0.15) is 0 Å². The lowest BCUT2D eigenvalue weighted by Gasteiger charge is -2.11. The first kappa shape index (κ1) is 16.0. The van der Waals surface area contributed by atoms with E-state index in [9.17, 15) is 8.42 Å². The fourth-order valence-electron chi connectivity index (χ4n) is 1.48. The number of nitrogens with one attached hydrogen (secondary N) is 2. The van der Waals surface area contributed by atoms with E-state index in [0.29, 0.717) is 15.7 Å². The van der Waals surface area contributed by atoms with Crippen LogP contribution in [0.1, 0.15) is 0 Å². The average molecular weight is 361 g/mol. The van der Waals surface area contributed by atoms with E-state index >= 15 is 0 Å². The summed E-state index contributed by atoms with van der Waals surface area (Å²) in [4.78, 5) is 0.0761. The monoisotopic (exact) mass is 360 g/mol. The van der Waals surface area contributed by atoms with Crippen molar-refractivity contribution in [2.45, 2.75) is 4.90 Å². The summed E-state index contributed by atoms with van der Waals surface area (Å²) < 4.78 is 26.5. The Morgan fingerprint density at radius 2 is 1.38 bits per heavy atom. The first-order chi connectivity index (χ1) is 9.87. The molecule has 110 valence electrons. The van der Waals surface area contributed by atoms with Gasteiger partial charge in [-0.3, -0.25) is 4.72 Å². The van der Waals surface area contributed by atoms with E-state index in [1.807, 2.05) is 0 Å². The van der Waals surface area contributed by atoms with E-state index in [1.165, 1.54) is 24.3 Å². The van der Waals surface area contributed by atoms with Crippen LogP contribution >= 0.6 is 35.4 Å². The highest BCUT2D eigenvalue weighted by atomic mass is 35.5. The largest absolute Gasteiger partial charge is 0.332 e. The van der Waals surface area contributed by atoms with Gasteiger partial charge in [0.1, 0.15) is 0 Å². The number of sulfonamides is 1. The fraction of sp³-hybridized carbons (Fsp3) is 0. The molecule has 0 unspecified atom stereocenters. The summed E-state index contributed by atoms with van der Waals surface area (Å²) in [5.74, 6) is 0. The summed E-state index contributed by atoms with van der Waals surface area (Å²) in [6, 6.07) is 12.5. The second kappa shape index (κ2) is 6.62. The van der Waals surface area contributed by atoms with Gasteiger partial charge in [-0.05, 0) is 60.7 Å². The SMILES string of the molecule is O=S(=O)(NC(=S)Nc1ccc(Cl)cc1)c1ccc(Cl)cc1. The first-order valence-electron chi connectivity index (χ1n) is 5.72. The molecule has 0 amide bonds. The van der Waals surface area contributed by atoms with E-state index in [2.05, 4.69) is 10.0 Å². The van der Waals surface area contributed by atoms with Crippen LogP contribution in [0.5, 0.6) is 0 Å². The Kier molecular flexibility index (Phi) is 5.05. The van der Waals surface area contributed by atoms with Gasteiger partial charge in [0.25, 0.3) is 10.0 Å². The molecule has 2 aromatic rings. The van der Waals surface area contributed by atoms with Crippen LogP contribution in [0.4, 0.5) is 5.69 Å². The zero-order chi connectivity index (χ0) is 15.5. The number of hydrogen-bond donors (Lipinski definition) is 2.